The third-order valence-electron chi connectivity index (χ3n) is 4.46. The van der Waals surface area contributed by atoms with Crippen LogP contribution in [0.1, 0.15) is 25.6 Å². The van der Waals surface area contributed by atoms with E-state index in [-0.39, 0.29) is 5.82 Å². The summed E-state index contributed by atoms with van der Waals surface area (Å²) in [5.41, 5.74) is 6.98. The monoisotopic (exact) mass is 375 g/mol. The molecule has 2 aromatic rings. The van der Waals surface area contributed by atoms with Crippen molar-refractivity contribution in [2.75, 3.05) is 12.8 Å². The molecule has 0 radical (unpaired) electrons. The van der Waals surface area contributed by atoms with E-state index < -0.39 is 36.0 Å². The van der Waals surface area contributed by atoms with Crippen LogP contribution < -0.4 is 5.73 Å². The van der Waals surface area contributed by atoms with Gasteiger partial charge >= 0.3 is 11.9 Å². The zero-order valence-electron chi connectivity index (χ0n) is 14.8. The van der Waals surface area contributed by atoms with Gasteiger partial charge in [0.15, 0.2) is 17.7 Å². The highest BCUT2D eigenvalue weighted by molar-refractivity contribution is 5.65. The minimum atomic E-state index is -2.04. The van der Waals surface area contributed by atoms with E-state index >= 15 is 0 Å². The lowest BCUT2D eigenvalue weighted by Crippen LogP contribution is -2.46. The van der Waals surface area contributed by atoms with Gasteiger partial charge in [-0.1, -0.05) is 0 Å². The third kappa shape index (κ3) is 2.57. The molecule has 0 spiro atoms. The Kier molecular flexibility index (Phi) is 3.74. The van der Waals surface area contributed by atoms with E-state index in [1.165, 1.54) is 10.8 Å². The van der Waals surface area contributed by atoms with Crippen molar-refractivity contribution in [3.8, 4) is 6.07 Å². The zero-order valence-corrected chi connectivity index (χ0v) is 14.8. The van der Waals surface area contributed by atoms with E-state index in [4.69, 9.17) is 24.7 Å². The van der Waals surface area contributed by atoms with Crippen LogP contribution in [0.25, 0.3) is 5.52 Å². The average Bonchev–Trinajstić information content (AvgIpc) is 3.27. The predicted octanol–water partition coefficient (Wildman–Crippen LogP) is 0.906. The summed E-state index contributed by atoms with van der Waals surface area (Å²) in [6, 6.07) is 5.33. The molecule has 2 aliphatic heterocycles. The number of aromatic nitrogens is 3. The standard InChI is InChI=1S/C16H17N5O6/c1-15(2)24-11-10(8-4-5-9-13(18)19-7-20-21(8)9)25-16(6-17,12(11)26-15)27-14(22)23-3/h4-5,7,10-12H,1-3H3,(H2,18,19,20)/t10-,11-,12-,16+/m0/s1. The molecular weight excluding hydrogens is 358 g/mol. The van der Waals surface area contributed by atoms with Gasteiger partial charge in [0, 0.05) is 0 Å². The Labute approximate surface area is 153 Å². The zero-order chi connectivity index (χ0) is 19.4. The van der Waals surface area contributed by atoms with Gasteiger partial charge in [0.1, 0.15) is 30.1 Å². The van der Waals surface area contributed by atoms with Gasteiger partial charge in [0.2, 0.25) is 0 Å². The van der Waals surface area contributed by atoms with Crippen LogP contribution >= 0.6 is 0 Å². The van der Waals surface area contributed by atoms with Crippen LogP contribution in [0, 0.1) is 11.3 Å². The highest BCUT2D eigenvalue weighted by atomic mass is 16.8. The molecule has 11 heteroatoms. The number of anilines is 1. The molecule has 0 unspecified atom stereocenters. The first-order valence-corrected chi connectivity index (χ1v) is 8.10. The number of hydrogen-bond donors (Lipinski definition) is 1. The summed E-state index contributed by atoms with van der Waals surface area (Å²) in [7, 11) is 1.13. The molecule has 0 bridgehead atoms. The van der Waals surface area contributed by atoms with E-state index in [9.17, 15) is 10.1 Å². The van der Waals surface area contributed by atoms with Gasteiger partial charge in [-0.2, -0.15) is 10.4 Å². The maximum atomic E-state index is 11.7. The van der Waals surface area contributed by atoms with E-state index in [1.54, 1.807) is 26.0 Å². The SMILES string of the molecule is COC(=O)O[C@@]1(C#N)O[C@@H](c2ccc3c(N)ncnn23)[C@@H]2OC(C)(C)O[C@@H]21. The number of nitrogen functional groups attached to an aromatic ring is 1. The molecule has 4 atom stereocenters. The molecule has 2 saturated heterocycles. The Morgan fingerprint density at radius 2 is 2.15 bits per heavy atom. The van der Waals surface area contributed by atoms with Gasteiger partial charge in [-0.25, -0.2) is 14.3 Å². The quantitative estimate of drug-likeness (QED) is 0.752. The third-order valence-corrected chi connectivity index (χ3v) is 4.46. The van der Waals surface area contributed by atoms with Gasteiger partial charge in [-0.3, -0.25) is 0 Å². The van der Waals surface area contributed by atoms with Gasteiger partial charge in [0.05, 0.1) is 12.8 Å². The van der Waals surface area contributed by atoms with Crippen LogP contribution in [0.2, 0.25) is 0 Å². The topological polar surface area (TPSA) is 143 Å². The summed E-state index contributed by atoms with van der Waals surface area (Å²) in [6.45, 7) is 3.39. The summed E-state index contributed by atoms with van der Waals surface area (Å²) in [6.07, 6.45) is -2.32. The second-order valence-corrected chi connectivity index (χ2v) is 6.60. The molecule has 0 aliphatic carbocycles. The minimum Gasteiger partial charge on any atom is -0.438 e. The summed E-state index contributed by atoms with van der Waals surface area (Å²) >= 11 is 0. The highest BCUT2D eigenvalue weighted by Gasteiger charge is 2.67. The molecule has 4 rings (SSSR count). The number of nitriles is 1. The van der Waals surface area contributed by atoms with Crippen LogP contribution in [0.4, 0.5) is 10.6 Å². The lowest BCUT2D eigenvalue weighted by molar-refractivity contribution is -0.253. The van der Waals surface area contributed by atoms with Crippen LogP contribution in [0.5, 0.6) is 0 Å². The van der Waals surface area contributed by atoms with Gasteiger partial charge in [-0.15, -0.1) is 0 Å². The maximum absolute atomic E-state index is 11.7. The first kappa shape index (κ1) is 17.5. The van der Waals surface area contributed by atoms with Crippen molar-refractivity contribution in [3.05, 3.63) is 24.2 Å². The minimum absolute atomic E-state index is 0.284. The number of carbonyl (C=O) groups excluding carboxylic acids is 1. The first-order valence-electron chi connectivity index (χ1n) is 8.10. The van der Waals surface area contributed by atoms with Crippen LogP contribution in [0.15, 0.2) is 18.5 Å². The lowest BCUT2D eigenvalue weighted by atomic mass is 10.0. The number of rotatable bonds is 2. The Morgan fingerprint density at radius 3 is 2.85 bits per heavy atom. The Hall–Kier alpha value is -2.94. The molecule has 11 nitrogen and oxygen atoms in total. The fraction of sp³-hybridized carbons (Fsp3) is 0.500. The normalized spacial score (nSPS) is 31.4. The largest absolute Gasteiger partial charge is 0.511 e. The van der Waals surface area contributed by atoms with E-state index in [0.29, 0.717) is 11.2 Å². The first-order chi connectivity index (χ1) is 12.8. The van der Waals surface area contributed by atoms with Crippen LogP contribution in [0.3, 0.4) is 0 Å². The predicted molar refractivity (Wildman–Crippen MR) is 86.9 cm³/mol. The average molecular weight is 375 g/mol. The Bertz CT molecular complexity index is 952. The van der Waals surface area contributed by atoms with E-state index in [2.05, 4.69) is 14.8 Å². The number of ether oxygens (including phenoxy) is 5. The summed E-state index contributed by atoms with van der Waals surface area (Å²) < 4.78 is 28.8. The number of methoxy groups -OCH3 is 1. The number of nitrogens with two attached hydrogens (primary N) is 1. The Morgan fingerprint density at radius 1 is 1.37 bits per heavy atom. The molecular formula is C16H17N5O6. The summed E-state index contributed by atoms with van der Waals surface area (Å²) in [5.74, 6) is -2.77. The number of nitrogens with zero attached hydrogens (tertiary/aromatic N) is 4. The van der Waals surface area contributed by atoms with Crippen molar-refractivity contribution in [3.63, 3.8) is 0 Å². The van der Waals surface area contributed by atoms with Crippen LogP contribution in [-0.2, 0) is 23.7 Å². The van der Waals surface area contributed by atoms with Crippen molar-refractivity contribution in [2.24, 2.45) is 0 Å². The highest BCUT2D eigenvalue weighted by Crippen LogP contribution is 2.50. The van der Waals surface area contributed by atoms with Crippen molar-refractivity contribution >= 4 is 17.5 Å². The van der Waals surface area contributed by atoms with Crippen molar-refractivity contribution in [1.29, 1.82) is 5.26 Å². The second kappa shape index (κ2) is 5.78. The number of carbonyl (C=O) groups is 1. The molecule has 27 heavy (non-hydrogen) atoms. The molecule has 2 fully saturated rings. The second-order valence-electron chi connectivity index (χ2n) is 6.60. The number of hydrogen-bond acceptors (Lipinski definition) is 10. The smallest absolute Gasteiger partial charge is 0.438 e. The van der Waals surface area contributed by atoms with Crippen molar-refractivity contribution in [2.45, 2.75) is 43.7 Å². The molecule has 2 aliphatic rings. The van der Waals surface area contributed by atoms with E-state index in [1.807, 2.05) is 6.07 Å². The fourth-order valence-electron chi connectivity index (χ4n) is 3.40. The lowest BCUT2D eigenvalue weighted by Gasteiger charge is -2.27. The van der Waals surface area contributed by atoms with Crippen LogP contribution in [-0.4, -0.2) is 51.6 Å². The Balaban J connectivity index is 1.80. The molecule has 0 aromatic carbocycles. The molecule has 142 valence electrons. The maximum Gasteiger partial charge on any atom is 0.511 e. The molecule has 0 saturated carbocycles. The summed E-state index contributed by atoms with van der Waals surface area (Å²) in [5, 5.41) is 13.9. The fourth-order valence-corrected chi connectivity index (χ4v) is 3.40. The van der Waals surface area contributed by atoms with Crippen molar-refractivity contribution < 1.29 is 28.5 Å². The van der Waals surface area contributed by atoms with Gasteiger partial charge in [-0.05, 0) is 26.0 Å². The number of fused-ring (bicyclic) bond motifs is 2. The van der Waals surface area contributed by atoms with Gasteiger partial charge in [0.25, 0.3) is 0 Å². The molecule has 4 heterocycles. The summed E-state index contributed by atoms with van der Waals surface area (Å²) in [4.78, 5) is 15.7. The molecule has 2 N–H and O–H groups in total. The molecule has 2 aromatic heterocycles. The van der Waals surface area contributed by atoms with Crippen molar-refractivity contribution in [1.82, 2.24) is 14.6 Å². The molecule has 0 amide bonds. The van der Waals surface area contributed by atoms with Gasteiger partial charge < -0.3 is 29.4 Å². The van der Waals surface area contributed by atoms with E-state index in [0.717, 1.165) is 7.11 Å².